The summed E-state index contributed by atoms with van der Waals surface area (Å²) in [5.41, 5.74) is 9.56. The van der Waals surface area contributed by atoms with Crippen LogP contribution in [-0.4, -0.2) is 0 Å². The molecule has 6 rings (SSSR count). The van der Waals surface area contributed by atoms with Gasteiger partial charge in [0, 0.05) is 16.5 Å². The van der Waals surface area contributed by atoms with Gasteiger partial charge < -0.3 is 0 Å². The second-order valence-corrected chi connectivity index (χ2v) is 12.4. The van der Waals surface area contributed by atoms with Crippen molar-refractivity contribution in [3.05, 3.63) is 117 Å². The molecule has 0 bridgehead atoms. The van der Waals surface area contributed by atoms with Crippen LogP contribution in [0.3, 0.4) is 0 Å². The van der Waals surface area contributed by atoms with Crippen LogP contribution in [0.1, 0.15) is 62.8 Å². The average molecular weight is 498 g/mol. The summed E-state index contributed by atoms with van der Waals surface area (Å²) in [4.78, 5) is 0. The molecule has 0 aromatic heterocycles. The van der Waals surface area contributed by atoms with Crippen molar-refractivity contribution in [3.63, 3.8) is 0 Å². The van der Waals surface area contributed by atoms with Crippen molar-refractivity contribution in [3.8, 4) is 22.3 Å². The molecule has 2 aliphatic carbocycles. The van der Waals surface area contributed by atoms with Gasteiger partial charge in [-0.05, 0) is 57.1 Å². The Kier molecular flexibility index (Phi) is 5.05. The van der Waals surface area contributed by atoms with E-state index in [1.807, 2.05) is 0 Å². The van der Waals surface area contributed by atoms with E-state index < -0.39 is 0 Å². The quantitative estimate of drug-likeness (QED) is 0.258. The Hall–Kier alpha value is -2.54. The fourth-order valence-corrected chi connectivity index (χ4v) is 8.05. The largest absolute Gasteiger partial charge is 0.0833 e. The predicted octanol–water partition coefficient (Wildman–Crippen LogP) is 9.98. The topological polar surface area (TPSA) is 0 Å². The lowest BCUT2D eigenvalue weighted by Crippen LogP contribution is -2.27. The number of benzene rings is 4. The maximum absolute atomic E-state index is 7.41. The molecule has 4 aromatic carbocycles. The van der Waals surface area contributed by atoms with E-state index >= 15 is 0 Å². The molecule has 0 unspecified atom stereocenters. The summed E-state index contributed by atoms with van der Waals surface area (Å²) in [7, 11) is 0. The molecule has 0 N–H and O–H groups in total. The van der Waals surface area contributed by atoms with Crippen molar-refractivity contribution >= 4 is 23.2 Å². The first-order chi connectivity index (χ1) is 16.7. The van der Waals surface area contributed by atoms with Gasteiger partial charge in [0.2, 0.25) is 0 Å². The van der Waals surface area contributed by atoms with Crippen LogP contribution in [-0.2, 0) is 16.2 Å². The molecule has 0 saturated carbocycles. The van der Waals surface area contributed by atoms with Crippen molar-refractivity contribution < 1.29 is 0 Å². The summed E-state index contributed by atoms with van der Waals surface area (Å²) in [5, 5.41) is 1.76. The Labute approximate surface area is 218 Å². The average Bonchev–Trinajstić information content (AvgIpc) is 3.20. The molecule has 2 aliphatic rings. The molecule has 0 aliphatic heterocycles. The van der Waals surface area contributed by atoms with Crippen LogP contribution in [0.25, 0.3) is 22.3 Å². The molecule has 0 amide bonds. The number of hydrogen-bond acceptors (Lipinski definition) is 0. The number of hydrogen-bond donors (Lipinski definition) is 0. The molecule has 0 radical (unpaired) electrons. The van der Waals surface area contributed by atoms with Crippen molar-refractivity contribution in [1.29, 1.82) is 0 Å². The van der Waals surface area contributed by atoms with Crippen molar-refractivity contribution in [2.24, 2.45) is 0 Å². The molecular weight excluding hydrogens is 467 g/mol. The van der Waals surface area contributed by atoms with Gasteiger partial charge in [-0.2, -0.15) is 0 Å². The van der Waals surface area contributed by atoms with E-state index in [4.69, 9.17) is 23.2 Å². The summed E-state index contributed by atoms with van der Waals surface area (Å²) < 4.78 is 0. The van der Waals surface area contributed by atoms with Gasteiger partial charge in [0.1, 0.15) is 0 Å². The Morgan fingerprint density at radius 1 is 0.514 bits per heavy atom. The Bertz CT molecular complexity index is 1330. The molecule has 0 saturated heterocycles. The van der Waals surface area contributed by atoms with Crippen molar-refractivity contribution in [2.75, 3.05) is 0 Å². The van der Waals surface area contributed by atoms with Gasteiger partial charge in [0.05, 0.1) is 10.0 Å². The van der Waals surface area contributed by atoms with E-state index in [2.05, 4.69) is 113 Å². The minimum atomic E-state index is -0.221. The highest BCUT2D eigenvalue weighted by Gasteiger charge is 2.58. The monoisotopic (exact) mass is 496 g/mol. The number of halogens is 2. The standard InChI is InChI=1S/C33H30Cl2/c1-31(2)19-33(27-25(31)17-15-23(29(27)34)21-11-7-5-8-12-21)20-32(3,4)26-18-16-24(30(35)28(26)33)22-13-9-6-10-14-22/h5-18H,19-20H2,1-4H3. The van der Waals surface area contributed by atoms with E-state index in [1.54, 1.807) is 0 Å². The van der Waals surface area contributed by atoms with Crippen LogP contribution in [0.5, 0.6) is 0 Å². The molecule has 0 heterocycles. The first-order valence-electron chi connectivity index (χ1n) is 12.4. The van der Waals surface area contributed by atoms with E-state index in [0.29, 0.717) is 0 Å². The number of fused-ring (bicyclic) bond motifs is 4. The highest BCUT2D eigenvalue weighted by atomic mass is 35.5. The lowest BCUT2D eigenvalue weighted by Gasteiger charge is -2.32. The van der Waals surface area contributed by atoms with E-state index in [0.717, 1.165) is 45.1 Å². The minimum Gasteiger partial charge on any atom is -0.0833 e. The van der Waals surface area contributed by atoms with E-state index in [1.165, 1.54) is 22.3 Å². The highest BCUT2D eigenvalue weighted by molar-refractivity contribution is 6.35. The van der Waals surface area contributed by atoms with Crippen LogP contribution in [0, 0.1) is 0 Å². The first kappa shape index (κ1) is 22.9. The first-order valence-corrected chi connectivity index (χ1v) is 13.2. The normalized spacial score (nSPS) is 18.5. The van der Waals surface area contributed by atoms with Gasteiger partial charge in [-0.25, -0.2) is 0 Å². The second-order valence-electron chi connectivity index (χ2n) is 11.6. The highest BCUT2D eigenvalue weighted by Crippen LogP contribution is 2.66. The second kappa shape index (κ2) is 7.73. The van der Waals surface area contributed by atoms with Crippen LogP contribution < -0.4 is 0 Å². The zero-order valence-corrected chi connectivity index (χ0v) is 22.3. The fraction of sp³-hybridized carbons (Fsp3) is 0.273. The maximum Gasteiger partial charge on any atom is 0.0528 e. The molecular formula is C33H30Cl2. The van der Waals surface area contributed by atoms with Gasteiger partial charge in [-0.1, -0.05) is 136 Å². The van der Waals surface area contributed by atoms with Crippen LogP contribution >= 0.6 is 23.2 Å². The van der Waals surface area contributed by atoms with Gasteiger partial charge in [-0.15, -0.1) is 0 Å². The third kappa shape index (κ3) is 3.26. The minimum absolute atomic E-state index is 0.00202. The molecule has 0 nitrogen and oxygen atoms in total. The van der Waals surface area contributed by atoms with Gasteiger partial charge >= 0.3 is 0 Å². The zero-order chi connectivity index (χ0) is 24.6. The SMILES string of the molecule is CC1(C)CC2(CC(C)(C)c3ccc(-c4ccccc4)c(Cl)c32)c2c1ccc(-c1ccccc1)c2Cl. The maximum atomic E-state index is 7.41. The fourth-order valence-electron chi connectivity index (χ4n) is 7.14. The predicted molar refractivity (Wildman–Crippen MR) is 150 cm³/mol. The summed E-state index contributed by atoms with van der Waals surface area (Å²) in [5.74, 6) is 0. The molecule has 2 heteroatoms. The molecule has 35 heavy (non-hydrogen) atoms. The third-order valence-corrected chi connectivity index (χ3v) is 9.14. The van der Waals surface area contributed by atoms with Gasteiger partial charge in [0.25, 0.3) is 0 Å². The molecule has 0 atom stereocenters. The van der Waals surface area contributed by atoms with Gasteiger partial charge in [0.15, 0.2) is 0 Å². The zero-order valence-electron chi connectivity index (χ0n) is 20.8. The smallest absolute Gasteiger partial charge is 0.0528 e. The third-order valence-electron chi connectivity index (χ3n) is 8.36. The van der Waals surface area contributed by atoms with Gasteiger partial charge in [-0.3, -0.25) is 0 Å². The molecule has 4 aromatic rings. The Morgan fingerprint density at radius 3 is 1.26 bits per heavy atom. The van der Waals surface area contributed by atoms with Crippen LogP contribution in [0.15, 0.2) is 84.9 Å². The van der Waals surface area contributed by atoms with Crippen LogP contribution in [0.2, 0.25) is 10.0 Å². The Balaban J connectivity index is 1.67. The van der Waals surface area contributed by atoms with Crippen LogP contribution in [0.4, 0.5) is 0 Å². The summed E-state index contributed by atoms with van der Waals surface area (Å²) in [6.45, 7) is 9.44. The van der Waals surface area contributed by atoms with E-state index in [9.17, 15) is 0 Å². The summed E-state index contributed by atoms with van der Waals surface area (Å²) >= 11 is 14.8. The lowest BCUT2D eigenvalue weighted by atomic mass is 9.72. The molecule has 0 fully saturated rings. The Morgan fingerprint density at radius 2 is 0.886 bits per heavy atom. The van der Waals surface area contributed by atoms with E-state index in [-0.39, 0.29) is 16.2 Å². The number of rotatable bonds is 2. The lowest BCUT2D eigenvalue weighted by molar-refractivity contribution is 0.350. The molecule has 1 spiro atoms. The molecule has 176 valence electrons. The van der Waals surface area contributed by atoms with Crippen molar-refractivity contribution in [2.45, 2.75) is 56.8 Å². The summed E-state index contributed by atoms with van der Waals surface area (Å²) in [6, 6.07) is 30.1. The summed E-state index contributed by atoms with van der Waals surface area (Å²) in [6.07, 6.45) is 2.00. The van der Waals surface area contributed by atoms with Crippen molar-refractivity contribution in [1.82, 2.24) is 0 Å².